The molecule has 0 spiro atoms. The van der Waals surface area contributed by atoms with E-state index in [4.69, 9.17) is 0 Å². The molecule has 1 N–H and O–H groups in total. The molecule has 142 valence electrons. The van der Waals surface area contributed by atoms with Crippen LogP contribution in [-0.2, 0) is 0 Å². The molecular weight excluding hydrogens is 377 g/mol. The Balaban J connectivity index is 1.99. The minimum absolute atomic E-state index is 0.0571. The molecule has 0 amide bonds. The molecule has 3 rings (SSSR count). The number of hydrogen-bond donors (Lipinski definition) is 1. The molecule has 11 heteroatoms. The van der Waals surface area contributed by atoms with Crippen molar-refractivity contribution in [1.82, 2.24) is 19.6 Å². The summed E-state index contributed by atoms with van der Waals surface area (Å²) in [5.74, 6) is 1.36. The van der Waals surface area contributed by atoms with Crippen molar-refractivity contribution in [2.24, 2.45) is 0 Å². The number of nitrogens with zero attached hydrogens (tertiary/aromatic N) is 4. The Kier molecular flexibility index (Phi) is 3.57. The second-order valence-corrected chi connectivity index (χ2v) is 8.65. The smallest absolute Gasteiger partial charge is 0.310 e. The van der Waals surface area contributed by atoms with Crippen LogP contribution >= 0.6 is 10.2 Å². The topological polar surface area (TPSA) is 55.1 Å². The molecule has 2 aromatic heterocycles. The summed E-state index contributed by atoms with van der Waals surface area (Å²) in [6.07, 6.45) is 0. The van der Waals surface area contributed by atoms with Crippen molar-refractivity contribution in [2.45, 2.75) is 31.6 Å². The molecule has 26 heavy (non-hydrogen) atoms. The first-order chi connectivity index (χ1) is 11.7. The summed E-state index contributed by atoms with van der Waals surface area (Å²) in [5.41, 5.74) is 0.815. The Morgan fingerprint density at radius 2 is 1.62 bits per heavy atom. The van der Waals surface area contributed by atoms with Gasteiger partial charge in [-0.1, -0.05) is 33.3 Å². The average Bonchev–Trinajstić information content (AvgIpc) is 2.89. The van der Waals surface area contributed by atoms with Crippen LogP contribution in [0.15, 0.2) is 35.2 Å². The van der Waals surface area contributed by atoms with Gasteiger partial charge >= 0.3 is 10.2 Å². The molecule has 2 heterocycles. The molecule has 0 aliphatic rings. The molecule has 0 saturated heterocycles. The van der Waals surface area contributed by atoms with Gasteiger partial charge in [-0.3, -0.25) is 0 Å². The van der Waals surface area contributed by atoms with E-state index >= 15 is 0 Å². The molecule has 0 radical (unpaired) electrons. The summed E-state index contributed by atoms with van der Waals surface area (Å²) in [7, 11) is -9.68. The highest BCUT2D eigenvalue weighted by atomic mass is 32.5. The van der Waals surface area contributed by atoms with E-state index in [1.807, 2.05) is 13.8 Å². The van der Waals surface area contributed by atoms with Gasteiger partial charge in [-0.2, -0.15) is 9.50 Å². The molecule has 3 aromatic rings. The molecule has 0 bridgehead atoms. The zero-order valence-corrected chi connectivity index (χ0v) is 14.9. The maximum atomic E-state index is 12.8. The Hall–Kier alpha value is -2.43. The summed E-state index contributed by atoms with van der Waals surface area (Å²) in [6, 6.07) is 4.22. The minimum atomic E-state index is -9.68. The van der Waals surface area contributed by atoms with Crippen LogP contribution in [-0.4, -0.2) is 19.6 Å². The maximum Gasteiger partial charge on any atom is 0.310 e. The van der Waals surface area contributed by atoms with Gasteiger partial charge in [0.2, 0.25) is 0 Å². The average molecular weight is 393 g/mol. The zero-order chi connectivity index (χ0) is 19.4. The van der Waals surface area contributed by atoms with Gasteiger partial charge < -0.3 is 5.32 Å². The number of halogens is 5. The SMILES string of the molecule is Cc1cc(Nc2ccc(S(F)(F)(F)(F)F)cc2)n2nc(C(C)C)nc2n1. The molecular formula is C15H16F5N5S. The lowest BCUT2D eigenvalue weighted by atomic mass is 10.2. The van der Waals surface area contributed by atoms with Gasteiger partial charge in [-0.25, -0.2) is 4.98 Å². The second-order valence-electron chi connectivity index (χ2n) is 6.24. The predicted octanol–water partition coefficient (Wildman–Crippen LogP) is 5.96. The van der Waals surface area contributed by atoms with Crippen molar-refractivity contribution in [3.05, 3.63) is 41.9 Å². The third-order valence-electron chi connectivity index (χ3n) is 3.55. The van der Waals surface area contributed by atoms with Crippen LogP contribution in [0, 0.1) is 6.92 Å². The molecule has 1 aromatic carbocycles. The third-order valence-corrected chi connectivity index (χ3v) is 4.71. The molecule has 0 aliphatic carbocycles. The number of anilines is 2. The molecule has 0 saturated carbocycles. The second kappa shape index (κ2) is 5.06. The van der Waals surface area contributed by atoms with Crippen LogP contribution < -0.4 is 5.32 Å². The van der Waals surface area contributed by atoms with E-state index in [1.54, 1.807) is 13.0 Å². The highest BCUT2D eigenvalue weighted by Crippen LogP contribution is 3.02. The summed E-state index contributed by atoms with van der Waals surface area (Å²) < 4.78 is 65.4. The number of aromatic nitrogens is 4. The van der Waals surface area contributed by atoms with Gasteiger partial charge in [-0.05, 0) is 31.2 Å². The fraction of sp³-hybridized carbons (Fsp3) is 0.267. The minimum Gasteiger partial charge on any atom is -0.340 e. The Morgan fingerprint density at radius 1 is 1.00 bits per heavy atom. The maximum absolute atomic E-state index is 12.8. The zero-order valence-electron chi connectivity index (χ0n) is 14.1. The first kappa shape index (κ1) is 18.4. The standard InChI is InChI=1S/C15H16F5N5S/c1-9(2)14-23-15-21-10(3)8-13(25(15)24-14)22-11-4-6-12(7-5-11)26(16,17,18,19)20/h4-9,22H,1-3H3. The van der Waals surface area contributed by atoms with Crippen molar-refractivity contribution in [2.75, 3.05) is 5.32 Å². The van der Waals surface area contributed by atoms with Gasteiger partial charge in [-0.15, -0.1) is 5.10 Å². The summed E-state index contributed by atoms with van der Waals surface area (Å²) >= 11 is 0. The Bertz CT molecular complexity index is 980. The van der Waals surface area contributed by atoms with Gasteiger partial charge in [0.25, 0.3) is 5.78 Å². The summed E-state index contributed by atoms with van der Waals surface area (Å²) in [6.45, 7) is 5.55. The van der Waals surface area contributed by atoms with Crippen LogP contribution in [0.2, 0.25) is 0 Å². The van der Waals surface area contributed by atoms with E-state index in [2.05, 4.69) is 20.4 Å². The fourth-order valence-corrected chi connectivity index (χ4v) is 2.93. The van der Waals surface area contributed by atoms with E-state index in [0.717, 1.165) is 12.1 Å². The van der Waals surface area contributed by atoms with Crippen LogP contribution in [0.5, 0.6) is 0 Å². The number of rotatable bonds is 4. The molecule has 0 aliphatic heterocycles. The molecule has 0 fully saturated rings. The Morgan fingerprint density at radius 3 is 2.15 bits per heavy atom. The van der Waals surface area contributed by atoms with Crippen molar-refractivity contribution in [1.29, 1.82) is 0 Å². The molecule has 5 nitrogen and oxygen atoms in total. The van der Waals surface area contributed by atoms with Crippen molar-refractivity contribution in [3.8, 4) is 0 Å². The van der Waals surface area contributed by atoms with E-state index in [1.165, 1.54) is 4.52 Å². The third kappa shape index (κ3) is 3.71. The highest BCUT2D eigenvalue weighted by molar-refractivity contribution is 8.45. The summed E-state index contributed by atoms with van der Waals surface area (Å²) in [4.78, 5) is 6.61. The van der Waals surface area contributed by atoms with Crippen molar-refractivity contribution >= 4 is 27.5 Å². The van der Waals surface area contributed by atoms with E-state index in [-0.39, 0.29) is 11.6 Å². The van der Waals surface area contributed by atoms with E-state index in [0.29, 0.717) is 35.2 Å². The first-order valence-corrected chi connectivity index (χ1v) is 9.53. The van der Waals surface area contributed by atoms with Crippen molar-refractivity contribution in [3.63, 3.8) is 0 Å². The number of fused-ring (bicyclic) bond motifs is 1. The lowest BCUT2D eigenvalue weighted by molar-refractivity contribution is 0.364. The number of aryl methyl sites for hydroxylation is 1. The monoisotopic (exact) mass is 393 g/mol. The van der Waals surface area contributed by atoms with Gasteiger partial charge in [0.1, 0.15) is 10.7 Å². The lowest BCUT2D eigenvalue weighted by Gasteiger charge is -2.40. The fourth-order valence-electron chi connectivity index (χ4n) is 2.28. The first-order valence-electron chi connectivity index (χ1n) is 7.58. The van der Waals surface area contributed by atoms with Gasteiger partial charge in [0.15, 0.2) is 5.82 Å². The van der Waals surface area contributed by atoms with Gasteiger partial charge in [0.05, 0.1) is 0 Å². The molecule has 0 unspecified atom stereocenters. The molecule has 0 atom stereocenters. The Labute approximate surface area is 146 Å². The van der Waals surface area contributed by atoms with Crippen LogP contribution in [0.4, 0.5) is 30.9 Å². The quantitative estimate of drug-likeness (QED) is 0.556. The lowest BCUT2D eigenvalue weighted by Crippen LogP contribution is -2.06. The van der Waals surface area contributed by atoms with Crippen LogP contribution in [0.3, 0.4) is 0 Å². The van der Waals surface area contributed by atoms with Crippen molar-refractivity contribution < 1.29 is 19.4 Å². The predicted molar refractivity (Wildman–Crippen MR) is 90.7 cm³/mol. The number of hydrogen-bond acceptors (Lipinski definition) is 4. The van der Waals surface area contributed by atoms with E-state index in [9.17, 15) is 19.4 Å². The normalized spacial score (nSPS) is 15.1. The largest absolute Gasteiger partial charge is 0.340 e. The number of nitrogens with one attached hydrogen (secondary N) is 1. The highest BCUT2D eigenvalue weighted by Gasteiger charge is 2.65. The van der Waals surface area contributed by atoms with Gasteiger partial charge in [0, 0.05) is 23.4 Å². The summed E-state index contributed by atoms with van der Waals surface area (Å²) in [5, 5.41) is 7.18. The van der Waals surface area contributed by atoms with Crippen LogP contribution in [0.1, 0.15) is 31.3 Å². The van der Waals surface area contributed by atoms with E-state index < -0.39 is 15.1 Å². The number of benzene rings is 1. The van der Waals surface area contributed by atoms with Crippen LogP contribution in [0.25, 0.3) is 5.78 Å².